The maximum absolute atomic E-state index is 14.2. The SMILES string of the molecule is CCCC(CCC)S(=O)(=O)C[C@](N)(C(=O)N[C@@H](Cc1cc(F)cc(F)c1)[C@H](O)CNCc1cccc(CC)c1)C(=O)OCc1ccccc1. The first kappa shape index (κ1) is 39.7. The van der Waals surface area contributed by atoms with Gasteiger partial charge < -0.3 is 26.2 Å². The Kier molecular flexibility index (Phi) is 15.3. The van der Waals surface area contributed by atoms with Crippen molar-refractivity contribution >= 4 is 21.7 Å². The van der Waals surface area contributed by atoms with E-state index in [0.717, 1.165) is 29.7 Å². The third-order valence-electron chi connectivity index (χ3n) is 8.38. The minimum atomic E-state index is -4.11. The molecule has 0 unspecified atom stereocenters. The fourth-order valence-corrected chi connectivity index (χ4v) is 7.99. The Morgan fingerprint density at radius 3 is 2.10 bits per heavy atom. The molecular weight excluding hydrogens is 652 g/mol. The molecule has 3 aromatic carbocycles. The Morgan fingerprint density at radius 2 is 1.49 bits per heavy atom. The highest BCUT2D eigenvalue weighted by Gasteiger charge is 2.49. The Bertz CT molecular complexity index is 1600. The van der Waals surface area contributed by atoms with E-state index in [1.54, 1.807) is 30.3 Å². The number of nitrogens with one attached hydrogen (secondary N) is 2. The van der Waals surface area contributed by atoms with Crippen LogP contribution in [-0.4, -0.2) is 60.6 Å². The van der Waals surface area contributed by atoms with Crippen molar-refractivity contribution in [3.05, 3.63) is 107 Å². The predicted octanol–water partition coefficient (Wildman–Crippen LogP) is 4.53. The summed E-state index contributed by atoms with van der Waals surface area (Å²) < 4.78 is 61.1. The van der Waals surface area contributed by atoms with Crippen molar-refractivity contribution in [1.82, 2.24) is 10.6 Å². The number of carbonyl (C=O) groups excluding carboxylic acids is 2. The molecule has 0 saturated carbocycles. The van der Waals surface area contributed by atoms with Gasteiger partial charge in [-0.15, -0.1) is 0 Å². The molecule has 0 aliphatic carbocycles. The van der Waals surface area contributed by atoms with Crippen LogP contribution in [0.15, 0.2) is 72.8 Å². The van der Waals surface area contributed by atoms with Crippen molar-refractivity contribution < 1.29 is 36.6 Å². The molecular formula is C37H49F2N3O6S. The van der Waals surface area contributed by atoms with Gasteiger partial charge in [0.05, 0.1) is 23.1 Å². The van der Waals surface area contributed by atoms with Crippen LogP contribution in [0, 0.1) is 11.6 Å². The Balaban J connectivity index is 1.92. The van der Waals surface area contributed by atoms with Crippen LogP contribution in [0.3, 0.4) is 0 Å². The second-order valence-corrected chi connectivity index (χ2v) is 14.8. The zero-order valence-corrected chi connectivity index (χ0v) is 29.3. The lowest BCUT2D eigenvalue weighted by molar-refractivity contribution is -0.155. The number of aliphatic hydroxyl groups excluding tert-OH is 1. The maximum atomic E-state index is 14.2. The summed E-state index contributed by atoms with van der Waals surface area (Å²) in [6.45, 7) is 5.75. The number of benzene rings is 3. The number of hydrogen-bond acceptors (Lipinski definition) is 8. The van der Waals surface area contributed by atoms with Crippen molar-refractivity contribution in [2.45, 2.75) is 95.4 Å². The highest BCUT2D eigenvalue weighted by atomic mass is 32.2. The molecule has 9 nitrogen and oxygen atoms in total. The van der Waals surface area contributed by atoms with Crippen molar-refractivity contribution in [1.29, 1.82) is 0 Å². The largest absolute Gasteiger partial charge is 0.459 e. The van der Waals surface area contributed by atoms with Gasteiger partial charge in [0.25, 0.3) is 5.91 Å². The number of esters is 1. The van der Waals surface area contributed by atoms with Gasteiger partial charge in [-0.05, 0) is 60.1 Å². The highest BCUT2D eigenvalue weighted by Crippen LogP contribution is 2.22. The van der Waals surface area contributed by atoms with Gasteiger partial charge in [-0.1, -0.05) is 88.2 Å². The Hall–Kier alpha value is -3.71. The average molecular weight is 702 g/mol. The first-order chi connectivity index (χ1) is 23.3. The summed E-state index contributed by atoms with van der Waals surface area (Å²) >= 11 is 0. The number of nitrogens with two attached hydrogens (primary N) is 1. The molecule has 0 aromatic heterocycles. The molecule has 0 radical (unpaired) electrons. The minimum Gasteiger partial charge on any atom is -0.459 e. The summed E-state index contributed by atoms with van der Waals surface area (Å²) in [7, 11) is -4.11. The van der Waals surface area contributed by atoms with Gasteiger partial charge in [-0.25, -0.2) is 22.0 Å². The quantitative estimate of drug-likeness (QED) is 0.0993. The summed E-state index contributed by atoms with van der Waals surface area (Å²) in [4.78, 5) is 27.7. The molecule has 1 amide bonds. The maximum Gasteiger partial charge on any atom is 0.337 e. The third-order valence-corrected chi connectivity index (χ3v) is 10.7. The zero-order chi connectivity index (χ0) is 36.0. The molecule has 12 heteroatoms. The van der Waals surface area contributed by atoms with Crippen LogP contribution in [0.4, 0.5) is 8.78 Å². The molecule has 0 bridgehead atoms. The van der Waals surface area contributed by atoms with Crippen LogP contribution in [0.25, 0.3) is 0 Å². The predicted molar refractivity (Wildman–Crippen MR) is 186 cm³/mol. The Morgan fingerprint density at radius 1 is 0.878 bits per heavy atom. The van der Waals surface area contributed by atoms with E-state index in [1.807, 2.05) is 45.0 Å². The van der Waals surface area contributed by atoms with Crippen molar-refractivity contribution in [2.75, 3.05) is 12.3 Å². The second-order valence-electron chi connectivity index (χ2n) is 12.5. The zero-order valence-electron chi connectivity index (χ0n) is 28.5. The molecule has 0 fully saturated rings. The Labute approximate surface area is 288 Å². The minimum absolute atomic E-state index is 0.0670. The molecule has 0 aliphatic rings. The van der Waals surface area contributed by atoms with Crippen LogP contribution < -0.4 is 16.4 Å². The van der Waals surface area contributed by atoms with Crippen LogP contribution >= 0.6 is 0 Å². The summed E-state index contributed by atoms with van der Waals surface area (Å²) in [5.74, 6) is -5.20. The normalized spacial score (nSPS) is 14.2. The van der Waals surface area contributed by atoms with Gasteiger partial charge in [-0.3, -0.25) is 4.79 Å². The van der Waals surface area contributed by atoms with Crippen LogP contribution in [-0.2, 0) is 50.2 Å². The number of sulfone groups is 1. The average Bonchev–Trinajstić information content (AvgIpc) is 3.06. The summed E-state index contributed by atoms with van der Waals surface area (Å²) in [6.07, 6.45) is 0.972. The fourth-order valence-electron chi connectivity index (χ4n) is 5.68. The topological polar surface area (TPSA) is 148 Å². The molecule has 268 valence electrons. The number of hydrogen-bond donors (Lipinski definition) is 4. The lowest BCUT2D eigenvalue weighted by atomic mass is 9.97. The molecule has 3 rings (SSSR count). The van der Waals surface area contributed by atoms with E-state index in [9.17, 15) is 31.9 Å². The third kappa shape index (κ3) is 12.0. The van der Waals surface area contributed by atoms with Gasteiger partial charge in [-0.2, -0.15) is 0 Å². The van der Waals surface area contributed by atoms with Crippen molar-refractivity contribution in [2.24, 2.45) is 5.73 Å². The van der Waals surface area contributed by atoms with Crippen LogP contribution in [0.2, 0.25) is 0 Å². The fraction of sp³-hybridized carbons (Fsp3) is 0.459. The van der Waals surface area contributed by atoms with Gasteiger partial charge in [0, 0.05) is 19.2 Å². The van der Waals surface area contributed by atoms with E-state index in [-0.39, 0.29) is 25.1 Å². The number of rotatable bonds is 20. The van der Waals surface area contributed by atoms with E-state index in [4.69, 9.17) is 10.5 Å². The van der Waals surface area contributed by atoms with E-state index < -0.39 is 62.0 Å². The van der Waals surface area contributed by atoms with E-state index >= 15 is 0 Å². The molecule has 5 N–H and O–H groups in total. The summed E-state index contributed by atoms with van der Waals surface area (Å²) in [5.41, 5.74) is 6.57. The molecule has 49 heavy (non-hydrogen) atoms. The standard InChI is InChI=1S/C37H49F2N3O6S/c1-4-11-32(12-5-2)49(46,47)25-37(40,36(45)48-24-27-13-8-7-9-14-27)35(44)42-33(20-29-18-30(38)21-31(39)19-29)34(43)23-41-22-28-16-10-15-26(6-3)17-28/h7-10,13-19,21,32-34,41,43H,4-6,11-12,20,22-25,40H2,1-3H3,(H,42,44)/t33-,34+,37-/m0/s1. The van der Waals surface area contributed by atoms with Gasteiger partial charge >= 0.3 is 5.97 Å². The number of aliphatic hydroxyl groups is 1. The number of aryl methyl sites for hydroxylation is 1. The van der Waals surface area contributed by atoms with E-state index in [1.165, 1.54) is 0 Å². The van der Waals surface area contributed by atoms with Crippen molar-refractivity contribution in [3.8, 4) is 0 Å². The molecule has 0 saturated heterocycles. The summed E-state index contributed by atoms with van der Waals surface area (Å²) in [5, 5.41) is 16.2. The molecule has 3 atom stereocenters. The number of amides is 1. The molecule has 0 spiro atoms. The van der Waals surface area contributed by atoms with Gasteiger partial charge in [0.1, 0.15) is 18.2 Å². The first-order valence-electron chi connectivity index (χ1n) is 16.7. The van der Waals surface area contributed by atoms with E-state index in [2.05, 4.69) is 10.6 Å². The number of halogens is 2. The highest BCUT2D eigenvalue weighted by molar-refractivity contribution is 7.92. The second kappa shape index (κ2) is 18.9. The lowest BCUT2D eigenvalue weighted by Gasteiger charge is -2.32. The smallest absolute Gasteiger partial charge is 0.337 e. The number of carbonyl (C=O) groups is 2. The first-order valence-corrected chi connectivity index (χ1v) is 18.5. The van der Waals surface area contributed by atoms with Gasteiger partial charge in [0.15, 0.2) is 9.84 Å². The van der Waals surface area contributed by atoms with E-state index in [0.29, 0.717) is 43.9 Å². The van der Waals surface area contributed by atoms with Gasteiger partial charge in [0.2, 0.25) is 5.54 Å². The number of ether oxygens (including phenoxy) is 1. The molecule has 3 aromatic rings. The summed E-state index contributed by atoms with van der Waals surface area (Å²) in [6, 6.07) is 18.0. The molecule has 0 heterocycles. The molecule has 0 aliphatic heterocycles. The monoisotopic (exact) mass is 701 g/mol. The lowest BCUT2D eigenvalue weighted by Crippen LogP contribution is -2.67. The van der Waals surface area contributed by atoms with Crippen LogP contribution in [0.1, 0.15) is 68.7 Å². The van der Waals surface area contributed by atoms with Crippen molar-refractivity contribution in [3.63, 3.8) is 0 Å². The van der Waals surface area contributed by atoms with Crippen LogP contribution in [0.5, 0.6) is 0 Å².